The number of likely N-dealkylation sites (N-methyl/N-ethyl adjacent to an activating group) is 1. The van der Waals surface area contributed by atoms with Crippen molar-refractivity contribution in [1.29, 1.82) is 0 Å². The maximum atomic E-state index is 12.4. The predicted molar refractivity (Wildman–Crippen MR) is 74.3 cm³/mol. The van der Waals surface area contributed by atoms with E-state index in [4.69, 9.17) is 5.11 Å². The van der Waals surface area contributed by atoms with Gasteiger partial charge in [-0.05, 0) is 24.5 Å². The van der Waals surface area contributed by atoms with Gasteiger partial charge >= 0.3 is 5.97 Å². The Balaban J connectivity index is 2.08. The molecule has 2 unspecified atom stereocenters. The van der Waals surface area contributed by atoms with Crippen molar-refractivity contribution in [2.45, 2.75) is 36.0 Å². The van der Waals surface area contributed by atoms with E-state index < -0.39 is 12.0 Å². The first kappa shape index (κ1) is 13.9. The average molecular weight is 279 g/mol. The lowest BCUT2D eigenvalue weighted by Gasteiger charge is -2.26. The summed E-state index contributed by atoms with van der Waals surface area (Å²) in [5, 5.41) is 8.91. The number of carboxylic acids is 1. The molecule has 1 aliphatic heterocycles. The van der Waals surface area contributed by atoms with Crippen molar-refractivity contribution in [3.63, 3.8) is 0 Å². The number of thioether (sulfide) groups is 1. The zero-order valence-electron chi connectivity index (χ0n) is 11.0. The van der Waals surface area contributed by atoms with Crippen LogP contribution in [0.5, 0.6) is 0 Å². The van der Waals surface area contributed by atoms with E-state index in [2.05, 4.69) is 0 Å². The van der Waals surface area contributed by atoms with Crippen LogP contribution in [-0.4, -0.2) is 40.2 Å². The molecule has 0 radical (unpaired) electrons. The van der Waals surface area contributed by atoms with Gasteiger partial charge in [-0.2, -0.15) is 0 Å². The first-order valence-corrected chi connectivity index (χ1v) is 7.16. The van der Waals surface area contributed by atoms with E-state index in [0.717, 1.165) is 4.90 Å². The largest absolute Gasteiger partial charge is 0.480 e. The number of amides is 1. The first-order valence-electron chi connectivity index (χ1n) is 6.28. The number of aliphatic carboxylic acids is 1. The van der Waals surface area contributed by atoms with Gasteiger partial charge in [-0.1, -0.05) is 25.1 Å². The van der Waals surface area contributed by atoms with Crippen molar-refractivity contribution < 1.29 is 14.7 Å². The summed E-state index contributed by atoms with van der Waals surface area (Å²) in [4.78, 5) is 26.0. The topological polar surface area (TPSA) is 57.6 Å². The van der Waals surface area contributed by atoms with Gasteiger partial charge in [0.15, 0.2) is 0 Å². The summed E-state index contributed by atoms with van der Waals surface area (Å²) in [5.74, 6) is -1.05. The van der Waals surface area contributed by atoms with Gasteiger partial charge < -0.3 is 10.0 Å². The normalized spacial score (nSPS) is 18.7. The molecule has 1 N–H and O–H groups in total. The van der Waals surface area contributed by atoms with Crippen LogP contribution in [0.2, 0.25) is 0 Å². The van der Waals surface area contributed by atoms with Gasteiger partial charge in [0.2, 0.25) is 5.91 Å². The maximum Gasteiger partial charge on any atom is 0.326 e. The minimum Gasteiger partial charge on any atom is -0.480 e. The van der Waals surface area contributed by atoms with Gasteiger partial charge in [0.1, 0.15) is 6.04 Å². The number of hydrogen-bond donors (Lipinski definition) is 1. The van der Waals surface area contributed by atoms with Crippen molar-refractivity contribution in [2.24, 2.45) is 0 Å². The molecule has 1 amide bonds. The van der Waals surface area contributed by atoms with E-state index in [-0.39, 0.29) is 11.2 Å². The van der Waals surface area contributed by atoms with E-state index in [0.29, 0.717) is 12.8 Å². The average Bonchev–Trinajstić information content (AvgIpc) is 2.81. The van der Waals surface area contributed by atoms with Crippen molar-refractivity contribution in [3.8, 4) is 0 Å². The molecule has 2 rings (SSSR count). The summed E-state index contributed by atoms with van der Waals surface area (Å²) in [6.07, 6.45) is 1.10. The summed E-state index contributed by atoms with van der Waals surface area (Å²) in [7, 11) is 1.58. The van der Waals surface area contributed by atoms with Crippen LogP contribution in [0.15, 0.2) is 29.2 Å². The highest BCUT2D eigenvalue weighted by Crippen LogP contribution is 2.37. The van der Waals surface area contributed by atoms with E-state index >= 15 is 0 Å². The molecule has 0 saturated carbocycles. The third-order valence-corrected chi connectivity index (χ3v) is 4.71. The van der Waals surface area contributed by atoms with E-state index in [1.165, 1.54) is 22.2 Å². The number of carboxylic acid groups (broad SMARTS) is 1. The van der Waals surface area contributed by atoms with Crippen molar-refractivity contribution in [1.82, 2.24) is 4.90 Å². The van der Waals surface area contributed by atoms with Gasteiger partial charge in [-0.25, -0.2) is 4.79 Å². The summed E-state index contributed by atoms with van der Waals surface area (Å²) < 4.78 is 0. The molecule has 1 aliphatic rings. The second-order valence-corrected chi connectivity index (χ2v) is 5.87. The summed E-state index contributed by atoms with van der Waals surface area (Å²) in [6.45, 7) is 1.78. The second kappa shape index (κ2) is 5.65. The molecule has 1 aromatic carbocycles. The van der Waals surface area contributed by atoms with E-state index in [1.54, 1.807) is 14.0 Å². The van der Waals surface area contributed by atoms with Crippen LogP contribution in [0, 0.1) is 0 Å². The molecule has 19 heavy (non-hydrogen) atoms. The van der Waals surface area contributed by atoms with Gasteiger partial charge in [0.25, 0.3) is 0 Å². The van der Waals surface area contributed by atoms with E-state index in [1.807, 2.05) is 24.3 Å². The van der Waals surface area contributed by atoms with Crippen LogP contribution in [0.25, 0.3) is 0 Å². The quantitative estimate of drug-likeness (QED) is 0.916. The Bertz CT molecular complexity index is 478. The fraction of sp³-hybridized carbons (Fsp3) is 0.429. The Morgan fingerprint density at radius 1 is 1.47 bits per heavy atom. The van der Waals surface area contributed by atoms with Gasteiger partial charge in [-0.3, -0.25) is 4.79 Å². The Morgan fingerprint density at radius 2 is 2.16 bits per heavy atom. The molecule has 0 fully saturated rings. The Morgan fingerprint density at radius 3 is 2.74 bits per heavy atom. The third-order valence-electron chi connectivity index (χ3n) is 3.41. The third kappa shape index (κ3) is 2.76. The van der Waals surface area contributed by atoms with Crippen LogP contribution >= 0.6 is 11.8 Å². The van der Waals surface area contributed by atoms with Crippen LogP contribution in [-0.2, 0) is 16.0 Å². The molecule has 5 heteroatoms. The molecule has 0 bridgehead atoms. The van der Waals surface area contributed by atoms with Crippen molar-refractivity contribution >= 4 is 23.6 Å². The Labute approximate surface area is 116 Å². The monoisotopic (exact) mass is 279 g/mol. The summed E-state index contributed by atoms with van der Waals surface area (Å²) >= 11 is 1.53. The molecule has 102 valence electrons. The molecule has 1 aromatic rings. The highest BCUT2D eigenvalue weighted by atomic mass is 32.2. The first-order chi connectivity index (χ1) is 9.04. The minimum absolute atomic E-state index is 0.101. The van der Waals surface area contributed by atoms with E-state index in [9.17, 15) is 9.59 Å². The lowest BCUT2D eigenvalue weighted by molar-refractivity contribution is -0.148. The fourth-order valence-corrected chi connectivity index (χ4v) is 3.61. The number of hydrogen-bond acceptors (Lipinski definition) is 3. The Kier molecular flexibility index (Phi) is 4.14. The van der Waals surface area contributed by atoms with Crippen LogP contribution in [0.3, 0.4) is 0 Å². The fourth-order valence-electron chi connectivity index (χ4n) is 2.31. The number of nitrogens with zero attached hydrogens (tertiary/aromatic N) is 1. The lowest BCUT2D eigenvalue weighted by atomic mass is 10.1. The number of carbonyl (C=O) groups excluding carboxylic acids is 1. The molecule has 2 atom stereocenters. The zero-order valence-corrected chi connectivity index (χ0v) is 11.8. The smallest absolute Gasteiger partial charge is 0.326 e. The van der Waals surface area contributed by atoms with Gasteiger partial charge in [0.05, 0.1) is 5.25 Å². The predicted octanol–water partition coefficient (Wildman–Crippen LogP) is 2.02. The second-order valence-electron chi connectivity index (χ2n) is 4.63. The molecular weight excluding hydrogens is 262 g/mol. The van der Waals surface area contributed by atoms with Gasteiger partial charge in [0, 0.05) is 11.9 Å². The maximum absolute atomic E-state index is 12.4. The van der Waals surface area contributed by atoms with Crippen LogP contribution in [0.1, 0.15) is 18.9 Å². The summed E-state index contributed by atoms with van der Waals surface area (Å²) in [5.41, 5.74) is 1.17. The molecule has 1 heterocycles. The summed E-state index contributed by atoms with van der Waals surface area (Å²) in [6, 6.07) is 7.19. The van der Waals surface area contributed by atoms with Gasteiger partial charge in [-0.15, -0.1) is 11.8 Å². The lowest BCUT2D eigenvalue weighted by Crippen LogP contribution is -2.45. The molecule has 0 aliphatic carbocycles. The SMILES string of the molecule is CCC(C(=O)O)N(C)C(=O)C1Cc2ccccc2S1. The minimum atomic E-state index is -0.945. The molecule has 4 nitrogen and oxygen atoms in total. The highest BCUT2D eigenvalue weighted by Gasteiger charge is 2.34. The van der Waals surface area contributed by atoms with Crippen LogP contribution < -0.4 is 0 Å². The van der Waals surface area contributed by atoms with Crippen molar-refractivity contribution in [2.75, 3.05) is 7.05 Å². The highest BCUT2D eigenvalue weighted by molar-refractivity contribution is 8.01. The standard InChI is InChI=1S/C14H17NO3S/c1-3-10(14(17)18)15(2)13(16)12-8-9-6-4-5-7-11(9)19-12/h4-7,10,12H,3,8H2,1-2H3,(H,17,18). The zero-order chi connectivity index (χ0) is 14.0. The molecule has 0 saturated heterocycles. The number of rotatable bonds is 4. The van der Waals surface area contributed by atoms with Crippen molar-refractivity contribution in [3.05, 3.63) is 29.8 Å². The number of carbonyl (C=O) groups is 2. The number of fused-ring (bicyclic) bond motifs is 1. The molecule has 0 aromatic heterocycles. The number of benzene rings is 1. The molecule has 0 spiro atoms. The molecular formula is C14H17NO3S. The van der Waals surface area contributed by atoms with Crippen LogP contribution in [0.4, 0.5) is 0 Å². The Hall–Kier alpha value is -1.49.